The number of azo groups is 1. The second-order valence-electron chi connectivity index (χ2n) is 5.92. The van der Waals surface area contributed by atoms with Crippen LogP contribution in [0.4, 0.5) is 11.4 Å². The zero-order chi connectivity index (χ0) is 20.7. The molecule has 0 radical (unpaired) electrons. The van der Waals surface area contributed by atoms with Crippen molar-refractivity contribution in [3.8, 4) is 5.75 Å². The number of nitrogens with zero attached hydrogens (tertiary/aromatic N) is 2. The van der Waals surface area contributed by atoms with Crippen LogP contribution >= 0.6 is 0 Å². The summed E-state index contributed by atoms with van der Waals surface area (Å²) in [4.78, 5) is -1.41. The lowest BCUT2D eigenvalue weighted by Gasteiger charge is -2.09. The van der Waals surface area contributed by atoms with Crippen LogP contribution in [0.2, 0.25) is 0 Å². The Morgan fingerprint density at radius 2 is 1.57 bits per heavy atom. The molecular formula is C17H14N2O7S2. The average molecular weight is 422 g/mol. The first kappa shape index (κ1) is 19.9. The van der Waals surface area contributed by atoms with Crippen LogP contribution in [0.1, 0.15) is 5.56 Å². The molecule has 0 atom stereocenters. The Morgan fingerprint density at radius 3 is 2.18 bits per heavy atom. The van der Waals surface area contributed by atoms with Crippen molar-refractivity contribution in [3.05, 3.63) is 54.1 Å². The molecule has 3 aromatic rings. The fourth-order valence-electron chi connectivity index (χ4n) is 2.59. The SMILES string of the molecule is Cc1cc(N=Nc2cccc3cc(S(=O)(=O)O)cc(S(=O)(=O)O)c23)ccc1O. The lowest BCUT2D eigenvalue weighted by atomic mass is 10.1. The predicted octanol–water partition coefficient (Wildman–Crippen LogP) is 3.76. The van der Waals surface area contributed by atoms with E-state index in [0.29, 0.717) is 17.3 Å². The van der Waals surface area contributed by atoms with Gasteiger partial charge in [0.15, 0.2) is 0 Å². The van der Waals surface area contributed by atoms with Crippen LogP contribution in [0.3, 0.4) is 0 Å². The summed E-state index contributed by atoms with van der Waals surface area (Å²) < 4.78 is 65.3. The Balaban J connectivity index is 2.26. The Labute approximate surface area is 160 Å². The molecular weight excluding hydrogens is 408 g/mol. The summed E-state index contributed by atoms with van der Waals surface area (Å²) in [5.41, 5.74) is 0.999. The quantitative estimate of drug-likeness (QED) is 0.427. The molecule has 0 spiro atoms. The Morgan fingerprint density at radius 1 is 0.857 bits per heavy atom. The summed E-state index contributed by atoms with van der Waals surface area (Å²) >= 11 is 0. The average Bonchev–Trinajstić information content (AvgIpc) is 2.60. The summed E-state index contributed by atoms with van der Waals surface area (Å²) in [7, 11) is -9.55. The highest BCUT2D eigenvalue weighted by atomic mass is 32.2. The van der Waals surface area contributed by atoms with E-state index in [1.807, 2.05) is 0 Å². The van der Waals surface area contributed by atoms with Gasteiger partial charge in [-0.2, -0.15) is 21.9 Å². The van der Waals surface area contributed by atoms with Gasteiger partial charge in [0.1, 0.15) is 10.6 Å². The molecule has 0 amide bonds. The van der Waals surface area contributed by atoms with E-state index in [4.69, 9.17) is 0 Å². The van der Waals surface area contributed by atoms with Gasteiger partial charge in [-0.15, -0.1) is 5.11 Å². The third kappa shape index (κ3) is 4.02. The van der Waals surface area contributed by atoms with Gasteiger partial charge in [0.25, 0.3) is 20.2 Å². The van der Waals surface area contributed by atoms with Gasteiger partial charge in [-0.05, 0) is 54.3 Å². The number of phenols is 1. The number of hydrogen-bond donors (Lipinski definition) is 3. The molecule has 3 N–H and O–H groups in total. The topological polar surface area (TPSA) is 154 Å². The fourth-order valence-corrected chi connectivity index (χ4v) is 3.97. The third-order valence-corrected chi connectivity index (χ3v) is 5.63. The number of benzene rings is 3. The molecule has 11 heteroatoms. The Hall–Kier alpha value is -2.86. The van der Waals surface area contributed by atoms with Gasteiger partial charge in [0.2, 0.25) is 0 Å². The number of fused-ring (bicyclic) bond motifs is 1. The highest BCUT2D eigenvalue weighted by Crippen LogP contribution is 2.35. The second kappa shape index (κ2) is 6.95. The molecule has 0 bridgehead atoms. The van der Waals surface area contributed by atoms with Gasteiger partial charge < -0.3 is 5.11 Å². The van der Waals surface area contributed by atoms with Crippen LogP contribution in [0.15, 0.2) is 68.6 Å². The number of hydrogen-bond acceptors (Lipinski definition) is 7. The van der Waals surface area contributed by atoms with Crippen LogP contribution in [0.25, 0.3) is 10.8 Å². The molecule has 0 unspecified atom stereocenters. The molecule has 3 aromatic carbocycles. The summed E-state index contributed by atoms with van der Waals surface area (Å²) in [6.45, 7) is 1.67. The first-order valence-corrected chi connectivity index (χ1v) is 10.6. The number of phenolic OH excluding ortho intramolecular Hbond substituents is 1. The Bertz CT molecular complexity index is 1330. The number of rotatable bonds is 4. The molecule has 0 saturated heterocycles. The van der Waals surface area contributed by atoms with E-state index in [0.717, 1.165) is 6.07 Å². The van der Waals surface area contributed by atoms with E-state index in [1.54, 1.807) is 13.0 Å². The second-order valence-corrected chi connectivity index (χ2v) is 8.73. The van der Waals surface area contributed by atoms with Crippen molar-refractivity contribution in [1.29, 1.82) is 0 Å². The minimum Gasteiger partial charge on any atom is -0.508 e. The van der Waals surface area contributed by atoms with Crippen LogP contribution < -0.4 is 0 Å². The predicted molar refractivity (Wildman–Crippen MR) is 101 cm³/mol. The van der Waals surface area contributed by atoms with E-state index in [-0.39, 0.29) is 22.2 Å². The first-order valence-electron chi connectivity index (χ1n) is 7.70. The fraction of sp³-hybridized carbons (Fsp3) is 0.0588. The van der Waals surface area contributed by atoms with Gasteiger partial charge in [-0.25, -0.2) is 0 Å². The van der Waals surface area contributed by atoms with Crippen molar-refractivity contribution >= 4 is 42.4 Å². The van der Waals surface area contributed by atoms with Crippen molar-refractivity contribution < 1.29 is 31.0 Å². The maximum Gasteiger partial charge on any atom is 0.295 e. The lowest BCUT2D eigenvalue weighted by molar-refractivity contribution is 0.471. The van der Waals surface area contributed by atoms with Crippen molar-refractivity contribution in [2.45, 2.75) is 16.7 Å². The van der Waals surface area contributed by atoms with Gasteiger partial charge in [-0.3, -0.25) is 9.11 Å². The molecule has 28 heavy (non-hydrogen) atoms. The summed E-state index contributed by atoms with van der Waals surface area (Å²) in [6.07, 6.45) is 0. The van der Waals surface area contributed by atoms with Crippen LogP contribution in [0, 0.1) is 6.92 Å². The first-order chi connectivity index (χ1) is 13.0. The van der Waals surface area contributed by atoms with Gasteiger partial charge in [-0.1, -0.05) is 12.1 Å². The lowest BCUT2D eigenvalue weighted by Crippen LogP contribution is -2.04. The smallest absolute Gasteiger partial charge is 0.295 e. The molecule has 3 rings (SSSR count). The minimum atomic E-state index is -4.84. The standard InChI is InChI=1S/C17H14N2O7S2/c1-10-7-12(5-6-15(10)20)18-19-14-4-2-3-11-8-13(27(21,22)23)9-16(17(11)14)28(24,25)26/h2-9,20H,1H3,(H,21,22,23)(H,24,25,26). The van der Waals surface area contributed by atoms with Gasteiger partial charge in [0.05, 0.1) is 16.3 Å². The van der Waals surface area contributed by atoms with Crippen molar-refractivity contribution in [2.24, 2.45) is 10.2 Å². The summed E-state index contributed by atoms with van der Waals surface area (Å²) in [6, 6.07) is 10.5. The van der Waals surface area contributed by atoms with Crippen molar-refractivity contribution in [2.75, 3.05) is 0 Å². The maximum atomic E-state index is 11.8. The Kier molecular flexibility index (Phi) is 4.93. The van der Waals surface area contributed by atoms with Crippen LogP contribution in [-0.4, -0.2) is 31.0 Å². The molecule has 146 valence electrons. The van der Waals surface area contributed by atoms with E-state index < -0.39 is 30.0 Å². The van der Waals surface area contributed by atoms with Gasteiger partial charge in [0, 0.05) is 5.39 Å². The molecule has 0 aromatic heterocycles. The van der Waals surface area contributed by atoms with E-state index in [1.165, 1.54) is 30.3 Å². The summed E-state index contributed by atoms with van der Waals surface area (Å²) in [5.74, 6) is 0.0792. The molecule has 0 aliphatic carbocycles. The molecule has 0 aliphatic heterocycles. The molecule has 9 nitrogen and oxygen atoms in total. The van der Waals surface area contributed by atoms with Crippen LogP contribution in [-0.2, 0) is 20.2 Å². The van der Waals surface area contributed by atoms with E-state index >= 15 is 0 Å². The molecule has 0 heterocycles. The van der Waals surface area contributed by atoms with Gasteiger partial charge >= 0.3 is 0 Å². The largest absolute Gasteiger partial charge is 0.508 e. The normalized spacial score (nSPS) is 12.7. The third-order valence-electron chi connectivity index (χ3n) is 3.92. The minimum absolute atomic E-state index is 0.0535. The zero-order valence-electron chi connectivity index (χ0n) is 14.3. The summed E-state index contributed by atoms with van der Waals surface area (Å²) in [5, 5.41) is 17.6. The van der Waals surface area contributed by atoms with Crippen molar-refractivity contribution in [3.63, 3.8) is 0 Å². The van der Waals surface area contributed by atoms with E-state index in [2.05, 4.69) is 10.2 Å². The van der Waals surface area contributed by atoms with E-state index in [9.17, 15) is 31.0 Å². The monoisotopic (exact) mass is 422 g/mol. The molecule has 0 saturated carbocycles. The maximum absolute atomic E-state index is 11.8. The number of aryl methyl sites for hydroxylation is 1. The highest BCUT2D eigenvalue weighted by Gasteiger charge is 2.22. The molecule has 0 aliphatic rings. The molecule has 0 fully saturated rings. The number of aromatic hydroxyl groups is 1. The zero-order valence-corrected chi connectivity index (χ0v) is 15.9. The highest BCUT2D eigenvalue weighted by molar-refractivity contribution is 7.86. The van der Waals surface area contributed by atoms with Crippen LogP contribution in [0.5, 0.6) is 5.75 Å². The van der Waals surface area contributed by atoms with Crippen molar-refractivity contribution in [1.82, 2.24) is 0 Å².